The zero-order valence-electron chi connectivity index (χ0n) is 44.2. The van der Waals surface area contributed by atoms with Crippen LogP contribution in [-0.2, 0) is 15.6 Å². The van der Waals surface area contributed by atoms with Crippen molar-refractivity contribution in [3.8, 4) is 11.8 Å². The van der Waals surface area contributed by atoms with Crippen LogP contribution in [0.15, 0.2) is 30.7 Å². The van der Waals surface area contributed by atoms with Crippen LogP contribution in [-0.4, -0.2) is 148 Å². The van der Waals surface area contributed by atoms with Crippen LogP contribution in [0.5, 0.6) is 11.8 Å². The summed E-state index contributed by atoms with van der Waals surface area (Å²) in [4.78, 5) is 25.0. The minimum absolute atomic E-state index is 0.00514. The maximum Gasteiger partial charge on any atom is 0.232 e. The Balaban J connectivity index is 1.04. The average molecular weight is 903 g/mol. The van der Waals surface area contributed by atoms with Gasteiger partial charge in [0.15, 0.2) is 0 Å². The Morgan fingerprint density at radius 3 is 1.89 bits per heavy atom. The van der Waals surface area contributed by atoms with Crippen LogP contribution in [0.1, 0.15) is 161 Å². The van der Waals surface area contributed by atoms with Crippen LogP contribution in [0.3, 0.4) is 0 Å². The summed E-state index contributed by atoms with van der Waals surface area (Å²) >= 11 is 0. The van der Waals surface area contributed by atoms with Crippen molar-refractivity contribution in [3.05, 3.63) is 42.0 Å². The molecule has 0 amide bonds. The molecule has 4 unspecified atom stereocenters. The summed E-state index contributed by atoms with van der Waals surface area (Å²) in [5.74, 6) is 2.44. The monoisotopic (exact) mass is 903 g/mol. The third-order valence-electron chi connectivity index (χ3n) is 14.9. The average Bonchev–Trinajstić information content (AvgIpc) is 3.17. The maximum atomic E-state index is 6.81. The van der Waals surface area contributed by atoms with Gasteiger partial charge in [-0.3, -0.25) is 19.7 Å². The van der Waals surface area contributed by atoms with E-state index in [0.717, 1.165) is 83.1 Å². The Labute approximate surface area is 396 Å². The molecule has 1 saturated carbocycles. The smallest absolute Gasteiger partial charge is 0.232 e. The zero-order valence-corrected chi connectivity index (χ0v) is 44.2. The lowest BCUT2D eigenvalue weighted by atomic mass is 9.72. The van der Waals surface area contributed by atoms with E-state index in [1.54, 1.807) is 0 Å². The highest BCUT2D eigenvalue weighted by Crippen LogP contribution is 2.41. The lowest BCUT2D eigenvalue weighted by molar-refractivity contribution is -0.139. The number of likely N-dealkylation sites (tertiary alicyclic amines) is 2. The fraction of sp³-hybridized carbons (Fsp3) is 0.833. The number of pyridine rings is 1. The fourth-order valence-electron chi connectivity index (χ4n) is 10.5. The second-order valence-corrected chi connectivity index (χ2v) is 26.1. The van der Waals surface area contributed by atoms with Gasteiger partial charge >= 0.3 is 0 Å². The highest BCUT2D eigenvalue weighted by atomic mass is 16.5. The van der Waals surface area contributed by atoms with E-state index < -0.39 is 0 Å². The fourth-order valence-corrected chi connectivity index (χ4v) is 10.5. The molecule has 368 valence electrons. The van der Waals surface area contributed by atoms with E-state index in [1.165, 1.54) is 38.0 Å². The van der Waals surface area contributed by atoms with Gasteiger partial charge in [0.05, 0.1) is 36.9 Å². The second kappa shape index (κ2) is 20.7. The molecule has 0 aromatic carbocycles. The van der Waals surface area contributed by atoms with Crippen molar-refractivity contribution in [2.75, 3.05) is 72.1 Å². The summed E-state index contributed by atoms with van der Waals surface area (Å²) in [5, 5.41) is 3.95. The largest absolute Gasteiger partial charge is 0.476 e. The molecular weight excluding hydrogens is 809 g/mol. The molecule has 0 bridgehead atoms. The van der Waals surface area contributed by atoms with Gasteiger partial charge in [-0.2, -0.15) is 0 Å². The summed E-state index contributed by atoms with van der Waals surface area (Å²) in [5.41, 5.74) is 2.62. The number of nitrogens with zero attached hydrogens (tertiary/aromatic N) is 7. The van der Waals surface area contributed by atoms with E-state index in [-0.39, 0.29) is 33.6 Å². The van der Waals surface area contributed by atoms with Crippen molar-refractivity contribution in [2.24, 2.45) is 17.3 Å². The number of rotatable bonds is 20. The van der Waals surface area contributed by atoms with Gasteiger partial charge in [-0.25, -0.2) is 9.97 Å². The van der Waals surface area contributed by atoms with E-state index in [4.69, 9.17) is 24.2 Å². The SMILES string of the molecule is CC(C)(C)CCCN1CC(CN2CCN(C(C)(C)C)CC2)C1C1C(COc2cnc(C(C)(C)C)cn2)CN1CCOC(C)(C)CCC(C)(C)N[C@H]1C[C@H](Oc2ccc(C(C)(C)C)cn2)C1. The first kappa shape index (κ1) is 52.0. The first-order valence-corrected chi connectivity index (χ1v) is 25.6. The molecule has 1 N–H and O–H groups in total. The summed E-state index contributed by atoms with van der Waals surface area (Å²) in [6, 6.07) is 5.56. The lowest BCUT2D eigenvalue weighted by Crippen LogP contribution is -2.75. The molecule has 0 radical (unpaired) electrons. The Morgan fingerprint density at radius 2 is 1.31 bits per heavy atom. The predicted molar refractivity (Wildman–Crippen MR) is 267 cm³/mol. The van der Waals surface area contributed by atoms with Crippen molar-refractivity contribution in [1.82, 2.24) is 39.9 Å². The molecule has 2 aromatic rings. The van der Waals surface area contributed by atoms with Crippen LogP contribution in [0.4, 0.5) is 0 Å². The number of ether oxygens (including phenoxy) is 3. The normalized spacial score (nSPS) is 25.8. The molecule has 5 heterocycles. The molecule has 3 aliphatic heterocycles. The van der Waals surface area contributed by atoms with Gasteiger partial charge in [-0.05, 0) is 110 Å². The highest BCUT2D eigenvalue weighted by molar-refractivity contribution is 5.24. The Kier molecular flexibility index (Phi) is 16.5. The molecule has 4 fully saturated rings. The van der Waals surface area contributed by atoms with E-state index in [9.17, 15) is 0 Å². The van der Waals surface area contributed by atoms with Crippen molar-refractivity contribution < 1.29 is 14.2 Å². The topological polar surface area (TPSA) is 91.4 Å². The van der Waals surface area contributed by atoms with Crippen molar-refractivity contribution in [1.29, 1.82) is 0 Å². The molecular formula is C54H94N8O3. The van der Waals surface area contributed by atoms with Gasteiger partial charge in [-0.15, -0.1) is 0 Å². The number of hydrogen-bond donors (Lipinski definition) is 1. The van der Waals surface area contributed by atoms with E-state index >= 15 is 0 Å². The minimum atomic E-state index is -0.219. The van der Waals surface area contributed by atoms with Gasteiger partial charge in [0.1, 0.15) is 6.10 Å². The van der Waals surface area contributed by atoms with Crippen LogP contribution >= 0.6 is 0 Å². The third-order valence-corrected chi connectivity index (χ3v) is 14.9. The number of aromatic nitrogens is 3. The predicted octanol–water partition coefficient (Wildman–Crippen LogP) is 9.24. The Hall–Kier alpha value is -2.41. The molecule has 6 rings (SSSR count). The molecule has 3 saturated heterocycles. The molecule has 11 heteroatoms. The molecule has 11 nitrogen and oxygen atoms in total. The second-order valence-electron chi connectivity index (χ2n) is 26.1. The maximum absolute atomic E-state index is 6.81. The Morgan fingerprint density at radius 1 is 0.662 bits per heavy atom. The first-order valence-electron chi connectivity index (χ1n) is 25.6. The molecule has 2 aromatic heterocycles. The van der Waals surface area contributed by atoms with Crippen LogP contribution in [0.2, 0.25) is 0 Å². The molecule has 4 aliphatic rings. The Bertz CT molecular complexity index is 1760. The van der Waals surface area contributed by atoms with Crippen molar-refractivity contribution >= 4 is 0 Å². The van der Waals surface area contributed by atoms with E-state index in [0.29, 0.717) is 47.9 Å². The first-order chi connectivity index (χ1) is 30.1. The van der Waals surface area contributed by atoms with Gasteiger partial charge in [-0.1, -0.05) is 68.4 Å². The van der Waals surface area contributed by atoms with E-state index in [2.05, 4.69) is 147 Å². The van der Waals surface area contributed by atoms with E-state index in [1.807, 2.05) is 24.7 Å². The lowest BCUT2D eigenvalue weighted by Gasteiger charge is -2.62. The number of piperazine rings is 1. The van der Waals surface area contributed by atoms with Gasteiger partial charge in [0, 0.05) is 111 Å². The molecule has 0 spiro atoms. The third kappa shape index (κ3) is 15.0. The summed E-state index contributed by atoms with van der Waals surface area (Å²) in [7, 11) is 0. The quantitative estimate of drug-likeness (QED) is 0.138. The van der Waals surface area contributed by atoms with Crippen LogP contribution < -0.4 is 14.8 Å². The van der Waals surface area contributed by atoms with Crippen LogP contribution in [0.25, 0.3) is 0 Å². The minimum Gasteiger partial charge on any atom is -0.476 e. The van der Waals surface area contributed by atoms with Crippen molar-refractivity contribution in [2.45, 2.75) is 201 Å². The van der Waals surface area contributed by atoms with Crippen LogP contribution in [0, 0.1) is 17.3 Å². The number of nitrogens with one attached hydrogen (secondary N) is 1. The summed E-state index contributed by atoms with van der Waals surface area (Å²) < 4.78 is 19.5. The zero-order chi connectivity index (χ0) is 47.6. The van der Waals surface area contributed by atoms with Gasteiger partial charge in [0.2, 0.25) is 11.8 Å². The van der Waals surface area contributed by atoms with Crippen molar-refractivity contribution in [3.63, 3.8) is 0 Å². The molecule has 65 heavy (non-hydrogen) atoms. The molecule has 1 aliphatic carbocycles. The highest BCUT2D eigenvalue weighted by Gasteiger charge is 2.53. The number of hydrogen-bond acceptors (Lipinski definition) is 11. The van der Waals surface area contributed by atoms with Gasteiger partial charge < -0.3 is 24.4 Å². The standard InChI is InChI=1S/C54H94N8O3/c1-49(2,3)20-17-23-60-36-39(35-59-24-26-62(27-25-59)52(10,11)12)47(60)48-40(38-63-46-34-55-44(33-57-46)51(7,8)9)37-61(48)28-29-64-54(15,16)22-21-53(13,14)58-42-30-43(31-42)65-45-19-18-41(32-56-45)50(4,5)6/h18-19,32-34,39-40,42-43,47-48,58H,17,20-31,35-38H2,1-16H3/t39?,40?,42-,43-,47?,48?. The summed E-state index contributed by atoms with van der Waals surface area (Å²) in [6.45, 7) is 48.1. The summed E-state index contributed by atoms with van der Waals surface area (Å²) in [6.07, 6.45) is 12.4. The molecule has 4 atom stereocenters. The van der Waals surface area contributed by atoms with Gasteiger partial charge in [0.25, 0.3) is 0 Å².